The van der Waals surface area contributed by atoms with Gasteiger partial charge < -0.3 is 42.3 Å². The predicted octanol–water partition coefficient (Wildman–Crippen LogP) is -2.02. The Morgan fingerprint density at radius 3 is 2.08 bits per heavy atom. The van der Waals surface area contributed by atoms with Gasteiger partial charge in [-0.05, 0) is 37.0 Å². The predicted molar refractivity (Wildman–Crippen MR) is 128 cm³/mol. The molecule has 5 atom stereocenters. The highest BCUT2D eigenvalue weighted by Crippen LogP contribution is 2.12. The normalized spacial score (nSPS) is 14.9. The van der Waals surface area contributed by atoms with E-state index in [2.05, 4.69) is 21.3 Å². The Kier molecular flexibility index (Phi) is 12.3. The molecule has 0 aromatic heterocycles. The van der Waals surface area contributed by atoms with E-state index in [4.69, 9.17) is 10.8 Å². The summed E-state index contributed by atoms with van der Waals surface area (Å²) in [7, 11) is 0. The lowest BCUT2D eigenvalue weighted by Gasteiger charge is -2.25. The highest BCUT2D eigenvalue weighted by molar-refractivity contribution is 5.94. The Morgan fingerprint density at radius 2 is 1.56 bits per heavy atom. The third-order valence-electron chi connectivity index (χ3n) is 5.51. The number of carboxylic acid groups (broad SMARTS) is 1. The van der Waals surface area contributed by atoms with Gasteiger partial charge in [-0.1, -0.05) is 32.4 Å². The first-order valence-electron chi connectivity index (χ1n) is 11.4. The average molecular weight is 510 g/mol. The highest BCUT2D eigenvalue weighted by atomic mass is 16.4. The Balaban J connectivity index is 2.69. The maximum atomic E-state index is 12.7. The molecule has 0 radical (unpaired) electrons. The van der Waals surface area contributed by atoms with Gasteiger partial charge in [-0.2, -0.15) is 0 Å². The molecule has 0 saturated carbocycles. The molecule has 0 aliphatic heterocycles. The molecule has 1 rings (SSSR count). The number of hydrogen-bond acceptors (Lipinski definition) is 8. The fourth-order valence-electron chi connectivity index (χ4n) is 3.03. The standard InChI is InChI=1S/C23H35N5O8/c1-4-12(2)19(28-20(32)16(24)9-14-5-7-15(30)8-6-14)22(34)25-10-18(31)27-17(11-29)21(33)26-13(3)23(35)36/h5-8,12-13,16-17,19,29-30H,4,9-11,24H2,1-3H3,(H,25,34)(H,26,33)(H,27,31)(H,28,32)(H,35,36)/t12-,13-,16-,17-,19-/m0/s1. The minimum absolute atomic E-state index is 0.0788. The van der Waals surface area contributed by atoms with Crippen LogP contribution < -0.4 is 27.0 Å². The van der Waals surface area contributed by atoms with Crippen LogP contribution in [0.25, 0.3) is 0 Å². The van der Waals surface area contributed by atoms with Crippen LogP contribution in [-0.4, -0.2) is 82.2 Å². The van der Waals surface area contributed by atoms with Gasteiger partial charge in [0.05, 0.1) is 19.2 Å². The molecule has 9 N–H and O–H groups in total. The van der Waals surface area contributed by atoms with Crippen molar-refractivity contribution < 1.29 is 39.3 Å². The number of phenolic OH excluding ortho intramolecular Hbond substituents is 1. The SMILES string of the molecule is CC[C@H](C)[C@H](NC(=O)[C@@H](N)Cc1ccc(O)cc1)C(=O)NCC(=O)N[C@@H](CO)C(=O)N[C@@H](C)C(=O)O. The Hall–Kier alpha value is -3.71. The third-order valence-corrected chi connectivity index (χ3v) is 5.51. The van der Waals surface area contributed by atoms with E-state index in [-0.39, 0.29) is 18.1 Å². The van der Waals surface area contributed by atoms with E-state index in [1.54, 1.807) is 19.1 Å². The van der Waals surface area contributed by atoms with Crippen LogP contribution in [0.4, 0.5) is 0 Å². The molecule has 0 saturated heterocycles. The first-order valence-corrected chi connectivity index (χ1v) is 11.4. The van der Waals surface area contributed by atoms with Gasteiger partial charge in [0.15, 0.2) is 0 Å². The average Bonchev–Trinajstić information content (AvgIpc) is 2.84. The number of phenols is 1. The van der Waals surface area contributed by atoms with Crippen molar-refractivity contribution in [2.45, 2.75) is 57.8 Å². The minimum atomic E-state index is -1.42. The zero-order valence-electron chi connectivity index (χ0n) is 20.5. The first kappa shape index (κ1) is 30.3. The van der Waals surface area contributed by atoms with Crippen molar-refractivity contribution in [3.8, 4) is 5.75 Å². The maximum Gasteiger partial charge on any atom is 0.325 e. The van der Waals surface area contributed by atoms with E-state index in [0.717, 1.165) is 5.56 Å². The molecular formula is C23H35N5O8. The number of aliphatic carboxylic acids is 1. The van der Waals surface area contributed by atoms with Gasteiger partial charge in [0, 0.05) is 0 Å². The number of hydrogen-bond donors (Lipinski definition) is 8. The second-order valence-corrected chi connectivity index (χ2v) is 8.44. The molecular weight excluding hydrogens is 474 g/mol. The fourth-order valence-corrected chi connectivity index (χ4v) is 3.03. The van der Waals surface area contributed by atoms with Gasteiger partial charge in [-0.3, -0.25) is 24.0 Å². The van der Waals surface area contributed by atoms with Crippen LogP contribution in [0, 0.1) is 5.92 Å². The van der Waals surface area contributed by atoms with Crippen LogP contribution in [0.2, 0.25) is 0 Å². The zero-order valence-corrected chi connectivity index (χ0v) is 20.5. The lowest BCUT2D eigenvalue weighted by atomic mass is 9.97. The largest absolute Gasteiger partial charge is 0.508 e. The summed E-state index contributed by atoms with van der Waals surface area (Å²) in [5.74, 6) is -4.44. The van der Waals surface area contributed by atoms with Crippen molar-refractivity contribution in [2.24, 2.45) is 11.7 Å². The molecule has 1 aromatic rings. The summed E-state index contributed by atoms with van der Waals surface area (Å²) in [6, 6.07) is 1.59. The number of carbonyl (C=O) groups is 5. The molecule has 4 amide bonds. The molecule has 0 aliphatic carbocycles. The molecule has 1 aromatic carbocycles. The second kappa shape index (κ2) is 14.6. The summed E-state index contributed by atoms with van der Waals surface area (Å²) in [6.45, 7) is 3.44. The lowest BCUT2D eigenvalue weighted by Crippen LogP contribution is -2.57. The van der Waals surface area contributed by atoms with E-state index < -0.39 is 66.9 Å². The molecule has 0 unspecified atom stereocenters. The fraction of sp³-hybridized carbons (Fsp3) is 0.522. The molecule has 13 nitrogen and oxygen atoms in total. The smallest absolute Gasteiger partial charge is 0.325 e. The van der Waals surface area contributed by atoms with Crippen LogP contribution in [0.1, 0.15) is 32.8 Å². The van der Waals surface area contributed by atoms with Crippen LogP contribution in [0.15, 0.2) is 24.3 Å². The maximum absolute atomic E-state index is 12.7. The zero-order chi connectivity index (χ0) is 27.4. The van der Waals surface area contributed by atoms with E-state index >= 15 is 0 Å². The summed E-state index contributed by atoms with van der Waals surface area (Å²) in [6.07, 6.45) is 0.709. The Bertz CT molecular complexity index is 924. The van der Waals surface area contributed by atoms with Gasteiger partial charge in [-0.25, -0.2) is 0 Å². The van der Waals surface area contributed by atoms with Crippen molar-refractivity contribution in [1.82, 2.24) is 21.3 Å². The number of aromatic hydroxyl groups is 1. The van der Waals surface area contributed by atoms with E-state index in [0.29, 0.717) is 6.42 Å². The molecule has 0 fully saturated rings. The van der Waals surface area contributed by atoms with Crippen LogP contribution in [-0.2, 0) is 30.4 Å². The van der Waals surface area contributed by atoms with Crippen LogP contribution >= 0.6 is 0 Å². The summed E-state index contributed by atoms with van der Waals surface area (Å²) in [5.41, 5.74) is 6.70. The first-order chi connectivity index (χ1) is 16.9. The van der Waals surface area contributed by atoms with Crippen LogP contribution in [0.3, 0.4) is 0 Å². The third kappa shape index (κ3) is 9.88. The number of aliphatic hydroxyl groups is 1. The van der Waals surface area contributed by atoms with Gasteiger partial charge in [0.2, 0.25) is 23.6 Å². The molecule has 36 heavy (non-hydrogen) atoms. The summed E-state index contributed by atoms with van der Waals surface area (Å²) < 4.78 is 0. The molecule has 200 valence electrons. The van der Waals surface area contributed by atoms with Gasteiger partial charge >= 0.3 is 5.97 Å². The topological polar surface area (TPSA) is 220 Å². The Morgan fingerprint density at radius 1 is 0.944 bits per heavy atom. The Labute approximate surface area is 208 Å². The number of carbonyl (C=O) groups excluding carboxylic acids is 4. The summed E-state index contributed by atoms with van der Waals surface area (Å²) in [5, 5.41) is 36.9. The van der Waals surface area contributed by atoms with E-state index in [1.807, 2.05) is 6.92 Å². The number of aliphatic hydroxyl groups excluding tert-OH is 1. The lowest BCUT2D eigenvalue weighted by molar-refractivity contribution is -0.142. The minimum Gasteiger partial charge on any atom is -0.508 e. The number of amides is 4. The van der Waals surface area contributed by atoms with Crippen molar-refractivity contribution in [3.63, 3.8) is 0 Å². The van der Waals surface area contributed by atoms with Gasteiger partial charge in [0.25, 0.3) is 0 Å². The van der Waals surface area contributed by atoms with Crippen molar-refractivity contribution >= 4 is 29.6 Å². The molecule has 0 heterocycles. The van der Waals surface area contributed by atoms with E-state index in [1.165, 1.54) is 19.1 Å². The number of benzene rings is 1. The van der Waals surface area contributed by atoms with Crippen molar-refractivity contribution in [2.75, 3.05) is 13.2 Å². The second-order valence-electron chi connectivity index (χ2n) is 8.44. The van der Waals surface area contributed by atoms with E-state index in [9.17, 15) is 34.2 Å². The van der Waals surface area contributed by atoms with Crippen molar-refractivity contribution in [3.05, 3.63) is 29.8 Å². The van der Waals surface area contributed by atoms with Crippen molar-refractivity contribution in [1.29, 1.82) is 0 Å². The molecule has 0 spiro atoms. The van der Waals surface area contributed by atoms with Crippen LogP contribution in [0.5, 0.6) is 5.75 Å². The number of rotatable bonds is 14. The highest BCUT2D eigenvalue weighted by Gasteiger charge is 2.29. The monoisotopic (exact) mass is 509 g/mol. The summed E-state index contributed by atoms with van der Waals surface area (Å²) in [4.78, 5) is 60.4. The number of nitrogens with two attached hydrogens (primary N) is 1. The quantitative estimate of drug-likeness (QED) is 0.138. The van der Waals surface area contributed by atoms with Gasteiger partial charge in [-0.15, -0.1) is 0 Å². The van der Waals surface area contributed by atoms with Gasteiger partial charge in [0.1, 0.15) is 23.9 Å². The number of carboxylic acids is 1. The summed E-state index contributed by atoms with van der Waals surface area (Å²) >= 11 is 0. The number of nitrogens with one attached hydrogen (secondary N) is 4. The molecule has 0 aliphatic rings. The molecule has 0 bridgehead atoms. The molecule has 13 heteroatoms.